The van der Waals surface area contributed by atoms with Gasteiger partial charge in [0, 0.05) is 6.04 Å². The van der Waals surface area contributed by atoms with Crippen LogP contribution in [-0.4, -0.2) is 18.8 Å². The van der Waals surface area contributed by atoms with Crippen LogP contribution in [0.5, 0.6) is 0 Å². The van der Waals surface area contributed by atoms with Crippen LogP contribution < -0.4 is 5.73 Å². The molecule has 2 nitrogen and oxygen atoms in total. The first-order valence-corrected chi connectivity index (χ1v) is 5.61. The lowest BCUT2D eigenvalue weighted by molar-refractivity contribution is 0.0404. The molecular weight excluding hydrogens is 162 g/mol. The minimum absolute atomic E-state index is 0.227. The summed E-state index contributed by atoms with van der Waals surface area (Å²) in [4.78, 5) is 0. The topological polar surface area (TPSA) is 35.2 Å². The number of hydrogen-bond donors (Lipinski definition) is 1. The third kappa shape index (κ3) is 3.65. The second-order valence-corrected chi connectivity index (χ2v) is 4.29. The van der Waals surface area contributed by atoms with Crippen molar-refractivity contribution in [2.24, 2.45) is 11.7 Å². The molecule has 1 fully saturated rings. The van der Waals surface area contributed by atoms with Gasteiger partial charge in [-0.05, 0) is 18.8 Å². The van der Waals surface area contributed by atoms with Crippen molar-refractivity contribution in [1.29, 1.82) is 0 Å². The van der Waals surface area contributed by atoms with Crippen LogP contribution in [0.1, 0.15) is 46.0 Å². The summed E-state index contributed by atoms with van der Waals surface area (Å²) in [5.41, 5.74) is 5.98. The molecule has 0 spiro atoms. The Morgan fingerprint density at radius 3 is 2.54 bits per heavy atom. The van der Waals surface area contributed by atoms with Crippen molar-refractivity contribution < 1.29 is 4.74 Å². The van der Waals surface area contributed by atoms with Crippen LogP contribution in [0.2, 0.25) is 0 Å². The molecule has 1 aliphatic carbocycles. The Labute approximate surface area is 81.8 Å². The molecule has 1 rings (SSSR count). The van der Waals surface area contributed by atoms with E-state index in [-0.39, 0.29) is 6.04 Å². The normalized spacial score (nSPS) is 23.3. The fourth-order valence-electron chi connectivity index (χ4n) is 1.77. The average Bonchev–Trinajstić information content (AvgIpc) is 2.65. The van der Waals surface area contributed by atoms with Crippen molar-refractivity contribution in [2.45, 2.75) is 58.1 Å². The summed E-state index contributed by atoms with van der Waals surface area (Å²) >= 11 is 0. The lowest BCUT2D eigenvalue weighted by atomic mass is 10.0. The second kappa shape index (κ2) is 5.61. The Morgan fingerprint density at radius 2 is 2.00 bits per heavy atom. The van der Waals surface area contributed by atoms with E-state index >= 15 is 0 Å². The summed E-state index contributed by atoms with van der Waals surface area (Å²) in [6.07, 6.45) is 6.82. The lowest BCUT2D eigenvalue weighted by Crippen LogP contribution is -2.34. The minimum atomic E-state index is 0.227. The van der Waals surface area contributed by atoms with Gasteiger partial charge in [0.25, 0.3) is 0 Å². The van der Waals surface area contributed by atoms with E-state index in [1.54, 1.807) is 0 Å². The van der Waals surface area contributed by atoms with Gasteiger partial charge in [0.15, 0.2) is 0 Å². The molecule has 2 N–H and O–H groups in total. The first kappa shape index (κ1) is 11.0. The van der Waals surface area contributed by atoms with Gasteiger partial charge in [-0.2, -0.15) is 0 Å². The zero-order valence-electron chi connectivity index (χ0n) is 8.96. The summed E-state index contributed by atoms with van der Waals surface area (Å²) < 4.78 is 5.76. The molecule has 0 aliphatic heterocycles. The van der Waals surface area contributed by atoms with Gasteiger partial charge in [0.05, 0.1) is 12.7 Å². The van der Waals surface area contributed by atoms with Crippen LogP contribution in [0.25, 0.3) is 0 Å². The molecule has 13 heavy (non-hydrogen) atoms. The fraction of sp³-hybridized carbons (Fsp3) is 1.00. The Morgan fingerprint density at radius 1 is 1.38 bits per heavy atom. The maximum absolute atomic E-state index is 5.98. The minimum Gasteiger partial charge on any atom is -0.377 e. The predicted octanol–water partition coefficient (Wildman–Crippen LogP) is 2.32. The summed E-state index contributed by atoms with van der Waals surface area (Å²) in [5.74, 6) is 0.585. The van der Waals surface area contributed by atoms with Crippen molar-refractivity contribution in [2.75, 3.05) is 6.61 Å². The molecule has 2 atom stereocenters. The highest BCUT2D eigenvalue weighted by atomic mass is 16.5. The molecule has 0 saturated heterocycles. The highest BCUT2D eigenvalue weighted by molar-refractivity contribution is 4.71. The lowest BCUT2D eigenvalue weighted by Gasteiger charge is -2.20. The van der Waals surface area contributed by atoms with Gasteiger partial charge in [0.2, 0.25) is 0 Å². The van der Waals surface area contributed by atoms with Crippen LogP contribution in [0.15, 0.2) is 0 Å². The zero-order valence-corrected chi connectivity index (χ0v) is 8.96. The monoisotopic (exact) mass is 185 g/mol. The third-order valence-electron chi connectivity index (χ3n) is 3.20. The van der Waals surface area contributed by atoms with Gasteiger partial charge in [0.1, 0.15) is 0 Å². The molecule has 2 heteroatoms. The molecule has 0 bridgehead atoms. The van der Waals surface area contributed by atoms with Gasteiger partial charge in [-0.15, -0.1) is 0 Å². The standard InChI is InChI=1S/C11H23NO/c1-3-9(2)11(12)8-13-10-6-4-5-7-10/h9-11H,3-8,12H2,1-2H3. The molecule has 0 aromatic rings. The molecular formula is C11H23NO. The summed E-state index contributed by atoms with van der Waals surface area (Å²) in [5, 5.41) is 0. The molecule has 78 valence electrons. The smallest absolute Gasteiger partial charge is 0.0623 e. The molecule has 0 aromatic carbocycles. The number of ether oxygens (including phenoxy) is 1. The molecule has 0 aromatic heterocycles. The van der Waals surface area contributed by atoms with E-state index < -0.39 is 0 Å². The van der Waals surface area contributed by atoms with Crippen LogP contribution >= 0.6 is 0 Å². The maximum Gasteiger partial charge on any atom is 0.0623 e. The first-order valence-electron chi connectivity index (χ1n) is 5.61. The molecule has 2 unspecified atom stereocenters. The second-order valence-electron chi connectivity index (χ2n) is 4.29. The van der Waals surface area contributed by atoms with Gasteiger partial charge < -0.3 is 10.5 Å². The van der Waals surface area contributed by atoms with E-state index in [4.69, 9.17) is 10.5 Å². The van der Waals surface area contributed by atoms with Gasteiger partial charge in [-0.3, -0.25) is 0 Å². The van der Waals surface area contributed by atoms with Gasteiger partial charge >= 0.3 is 0 Å². The Kier molecular flexibility index (Phi) is 4.74. The number of nitrogens with two attached hydrogens (primary N) is 1. The van der Waals surface area contributed by atoms with E-state index in [0.29, 0.717) is 12.0 Å². The van der Waals surface area contributed by atoms with Crippen molar-refractivity contribution in [3.05, 3.63) is 0 Å². The third-order valence-corrected chi connectivity index (χ3v) is 3.20. The Bertz CT molecular complexity index is 132. The first-order chi connectivity index (χ1) is 6.24. The van der Waals surface area contributed by atoms with Crippen LogP contribution in [0.4, 0.5) is 0 Å². The molecule has 0 radical (unpaired) electrons. The predicted molar refractivity (Wildman–Crippen MR) is 55.6 cm³/mol. The highest BCUT2D eigenvalue weighted by Gasteiger charge is 2.18. The van der Waals surface area contributed by atoms with Crippen molar-refractivity contribution >= 4 is 0 Å². The zero-order chi connectivity index (χ0) is 9.68. The van der Waals surface area contributed by atoms with E-state index in [1.807, 2.05) is 0 Å². The van der Waals surface area contributed by atoms with Crippen molar-refractivity contribution in [1.82, 2.24) is 0 Å². The average molecular weight is 185 g/mol. The van der Waals surface area contributed by atoms with Crippen molar-refractivity contribution in [3.63, 3.8) is 0 Å². The number of hydrogen-bond acceptors (Lipinski definition) is 2. The van der Waals surface area contributed by atoms with Crippen molar-refractivity contribution in [3.8, 4) is 0 Å². The van der Waals surface area contributed by atoms with E-state index in [2.05, 4.69) is 13.8 Å². The van der Waals surface area contributed by atoms with Crippen LogP contribution in [-0.2, 0) is 4.74 Å². The quantitative estimate of drug-likeness (QED) is 0.713. The van der Waals surface area contributed by atoms with E-state index in [1.165, 1.54) is 25.7 Å². The fourth-order valence-corrected chi connectivity index (χ4v) is 1.77. The molecule has 1 saturated carbocycles. The Hall–Kier alpha value is -0.0800. The Balaban J connectivity index is 2.10. The highest BCUT2D eigenvalue weighted by Crippen LogP contribution is 2.21. The van der Waals surface area contributed by atoms with E-state index in [9.17, 15) is 0 Å². The summed E-state index contributed by atoms with van der Waals surface area (Å²) in [7, 11) is 0. The van der Waals surface area contributed by atoms with Crippen LogP contribution in [0.3, 0.4) is 0 Å². The summed E-state index contributed by atoms with van der Waals surface area (Å²) in [6.45, 7) is 5.13. The molecule has 0 heterocycles. The summed E-state index contributed by atoms with van der Waals surface area (Å²) in [6, 6.07) is 0.227. The SMILES string of the molecule is CCC(C)C(N)COC1CCCC1. The van der Waals surface area contributed by atoms with Gasteiger partial charge in [-0.1, -0.05) is 33.1 Å². The van der Waals surface area contributed by atoms with Gasteiger partial charge in [-0.25, -0.2) is 0 Å². The van der Waals surface area contributed by atoms with E-state index in [0.717, 1.165) is 13.0 Å². The van der Waals surface area contributed by atoms with Crippen LogP contribution in [0, 0.1) is 5.92 Å². The largest absolute Gasteiger partial charge is 0.377 e. The molecule has 0 amide bonds. The number of rotatable bonds is 5. The molecule has 1 aliphatic rings. The maximum atomic E-state index is 5.98.